The van der Waals surface area contributed by atoms with Crippen LogP contribution in [0.1, 0.15) is 22.5 Å². The van der Waals surface area contributed by atoms with Crippen molar-refractivity contribution < 1.29 is 26.4 Å². The van der Waals surface area contributed by atoms with Crippen molar-refractivity contribution in [2.45, 2.75) is 17.6 Å². The molecule has 6 nitrogen and oxygen atoms in total. The summed E-state index contributed by atoms with van der Waals surface area (Å²) in [5, 5.41) is 4.71. The zero-order valence-corrected chi connectivity index (χ0v) is 10.6. The molecular formula is C9H10F3N3O3S. The van der Waals surface area contributed by atoms with E-state index in [-0.39, 0.29) is 18.7 Å². The molecule has 10 heteroatoms. The van der Waals surface area contributed by atoms with E-state index in [2.05, 4.69) is 10.4 Å². The van der Waals surface area contributed by atoms with Gasteiger partial charge in [-0.25, -0.2) is 8.42 Å². The summed E-state index contributed by atoms with van der Waals surface area (Å²) >= 11 is 0. The number of carbonyl (C=O) groups is 1. The molecule has 0 aliphatic carbocycles. The van der Waals surface area contributed by atoms with Crippen LogP contribution >= 0.6 is 0 Å². The molecule has 1 N–H and O–H groups in total. The number of halogens is 3. The van der Waals surface area contributed by atoms with Crippen LogP contribution in [-0.4, -0.2) is 36.4 Å². The Balaban J connectivity index is 2.80. The van der Waals surface area contributed by atoms with Gasteiger partial charge in [0.15, 0.2) is 20.6 Å². The molecule has 1 aliphatic heterocycles. The third-order valence-electron chi connectivity index (χ3n) is 2.66. The van der Waals surface area contributed by atoms with Crippen LogP contribution < -0.4 is 5.32 Å². The molecule has 0 saturated carbocycles. The number of nitrogens with one attached hydrogen (secondary N) is 1. The Bertz CT molecular complexity index is 633. The van der Waals surface area contributed by atoms with Crippen LogP contribution in [-0.2, 0) is 23.1 Å². The highest BCUT2D eigenvalue weighted by Gasteiger charge is 2.44. The summed E-state index contributed by atoms with van der Waals surface area (Å²) in [6.07, 6.45) is -4.75. The van der Waals surface area contributed by atoms with Crippen LogP contribution in [0.5, 0.6) is 0 Å². The van der Waals surface area contributed by atoms with E-state index in [0.717, 1.165) is 7.05 Å². The number of hydrogen-bond acceptors (Lipinski definition) is 4. The SMILES string of the molecule is Cn1nc(C(F)(F)F)c2c1S(=O)(=O)CCCNC2=O. The van der Waals surface area contributed by atoms with Gasteiger partial charge in [-0.1, -0.05) is 0 Å². The van der Waals surface area contributed by atoms with Gasteiger partial charge in [0, 0.05) is 13.6 Å². The standard InChI is InChI=1S/C9H10F3N3O3S/c1-15-8-5(6(14-15)9(10,11)12)7(16)13-3-2-4-19(8,17)18/h2-4H2,1H3,(H,13,16). The van der Waals surface area contributed by atoms with Crippen molar-refractivity contribution >= 4 is 15.7 Å². The van der Waals surface area contributed by atoms with E-state index in [9.17, 15) is 26.4 Å². The lowest BCUT2D eigenvalue weighted by molar-refractivity contribution is -0.141. The fraction of sp³-hybridized carbons (Fsp3) is 0.556. The summed E-state index contributed by atoms with van der Waals surface area (Å²) in [4.78, 5) is 11.7. The molecule has 0 spiro atoms. The Labute approximate surface area is 106 Å². The Morgan fingerprint density at radius 1 is 1.37 bits per heavy atom. The molecule has 1 aromatic heterocycles. The van der Waals surface area contributed by atoms with Gasteiger partial charge in [0.05, 0.1) is 5.75 Å². The van der Waals surface area contributed by atoms with Crippen molar-refractivity contribution in [3.63, 3.8) is 0 Å². The molecule has 0 radical (unpaired) electrons. The van der Waals surface area contributed by atoms with Gasteiger partial charge in [0.25, 0.3) is 5.91 Å². The van der Waals surface area contributed by atoms with Crippen LogP contribution in [0.25, 0.3) is 0 Å². The van der Waals surface area contributed by atoms with Gasteiger partial charge in [0.1, 0.15) is 5.56 Å². The third kappa shape index (κ3) is 2.31. The van der Waals surface area contributed by atoms with Crippen molar-refractivity contribution in [3.8, 4) is 0 Å². The number of hydrogen-bond donors (Lipinski definition) is 1. The number of rotatable bonds is 0. The number of alkyl halides is 3. The lowest BCUT2D eigenvalue weighted by Gasteiger charge is -2.13. The number of carbonyl (C=O) groups excluding carboxylic acids is 1. The van der Waals surface area contributed by atoms with Gasteiger partial charge >= 0.3 is 6.18 Å². The highest BCUT2D eigenvalue weighted by Crippen LogP contribution is 2.34. The molecule has 1 aromatic rings. The minimum Gasteiger partial charge on any atom is -0.352 e. The zero-order valence-electron chi connectivity index (χ0n) is 9.78. The number of fused-ring (bicyclic) bond motifs is 1. The van der Waals surface area contributed by atoms with Crippen LogP contribution in [0, 0.1) is 0 Å². The number of sulfone groups is 1. The number of aryl methyl sites for hydroxylation is 1. The molecule has 0 atom stereocenters. The first-order valence-corrected chi connectivity index (χ1v) is 6.95. The molecule has 0 saturated heterocycles. The second-order valence-electron chi connectivity index (χ2n) is 4.08. The fourth-order valence-corrected chi connectivity index (χ4v) is 3.58. The summed E-state index contributed by atoms with van der Waals surface area (Å²) < 4.78 is 62.9. The Hall–Kier alpha value is -1.58. The predicted octanol–water partition coefficient (Wildman–Crippen LogP) is 0.346. The van der Waals surface area contributed by atoms with E-state index in [1.54, 1.807) is 0 Å². The van der Waals surface area contributed by atoms with Crippen LogP contribution in [0.2, 0.25) is 0 Å². The number of amides is 1. The van der Waals surface area contributed by atoms with Crippen molar-refractivity contribution in [2.75, 3.05) is 12.3 Å². The molecule has 0 fully saturated rings. The summed E-state index contributed by atoms with van der Waals surface area (Å²) in [6.45, 7) is 0.00367. The number of aromatic nitrogens is 2. The zero-order chi connectivity index (χ0) is 14.4. The third-order valence-corrected chi connectivity index (χ3v) is 4.54. The molecule has 0 aromatic carbocycles. The average Bonchev–Trinajstić information content (AvgIpc) is 2.60. The topological polar surface area (TPSA) is 81.1 Å². The largest absolute Gasteiger partial charge is 0.436 e. The van der Waals surface area contributed by atoms with Crippen molar-refractivity contribution in [3.05, 3.63) is 11.3 Å². The Morgan fingerprint density at radius 3 is 2.58 bits per heavy atom. The Kier molecular flexibility index (Phi) is 3.07. The lowest BCUT2D eigenvalue weighted by atomic mass is 10.2. The average molecular weight is 297 g/mol. The van der Waals surface area contributed by atoms with E-state index >= 15 is 0 Å². The van der Waals surface area contributed by atoms with Crippen molar-refractivity contribution in [1.29, 1.82) is 0 Å². The minimum absolute atomic E-state index is 0.00367. The molecule has 1 aliphatic rings. The van der Waals surface area contributed by atoms with E-state index in [1.807, 2.05) is 0 Å². The van der Waals surface area contributed by atoms with Crippen LogP contribution in [0.15, 0.2) is 5.03 Å². The first kappa shape index (κ1) is 13.8. The van der Waals surface area contributed by atoms with Gasteiger partial charge in [-0.2, -0.15) is 18.3 Å². The summed E-state index contributed by atoms with van der Waals surface area (Å²) in [5.74, 6) is -1.41. The van der Waals surface area contributed by atoms with Crippen molar-refractivity contribution in [2.24, 2.45) is 7.05 Å². The quantitative estimate of drug-likeness (QED) is 0.749. The smallest absolute Gasteiger partial charge is 0.352 e. The molecule has 1 amide bonds. The van der Waals surface area contributed by atoms with Gasteiger partial charge < -0.3 is 5.32 Å². The van der Waals surface area contributed by atoms with E-state index in [0.29, 0.717) is 4.68 Å². The van der Waals surface area contributed by atoms with Gasteiger partial charge in [-0.3, -0.25) is 9.48 Å². The van der Waals surface area contributed by atoms with Crippen LogP contribution in [0.3, 0.4) is 0 Å². The molecule has 2 heterocycles. The lowest BCUT2D eigenvalue weighted by Crippen LogP contribution is -2.32. The maximum Gasteiger partial charge on any atom is 0.436 e. The predicted molar refractivity (Wildman–Crippen MR) is 57.2 cm³/mol. The van der Waals surface area contributed by atoms with Gasteiger partial charge in [-0.05, 0) is 6.42 Å². The van der Waals surface area contributed by atoms with Crippen molar-refractivity contribution in [1.82, 2.24) is 15.1 Å². The summed E-state index contributed by atoms with van der Waals surface area (Å²) in [5.41, 5.74) is -2.40. The first-order chi connectivity index (χ1) is 8.64. The minimum atomic E-state index is -4.89. The van der Waals surface area contributed by atoms with E-state index in [4.69, 9.17) is 0 Å². The van der Waals surface area contributed by atoms with Gasteiger partial charge in [0.2, 0.25) is 0 Å². The summed E-state index contributed by atoms with van der Waals surface area (Å²) in [6, 6.07) is 0. The molecule has 2 rings (SSSR count). The second-order valence-corrected chi connectivity index (χ2v) is 6.10. The first-order valence-electron chi connectivity index (χ1n) is 5.30. The van der Waals surface area contributed by atoms with Crippen LogP contribution in [0.4, 0.5) is 13.2 Å². The molecular weight excluding hydrogens is 287 g/mol. The Morgan fingerprint density at radius 2 is 2.00 bits per heavy atom. The fourth-order valence-electron chi connectivity index (χ4n) is 1.92. The molecule has 0 unspecified atom stereocenters. The maximum atomic E-state index is 12.8. The van der Waals surface area contributed by atoms with Gasteiger partial charge in [-0.15, -0.1) is 0 Å². The highest BCUT2D eigenvalue weighted by atomic mass is 32.2. The second kappa shape index (κ2) is 4.22. The molecule has 0 bridgehead atoms. The van der Waals surface area contributed by atoms with E-state index in [1.165, 1.54) is 0 Å². The monoisotopic (exact) mass is 297 g/mol. The normalized spacial score (nSPS) is 19.3. The van der Waals surface area contributed by atoms with E-state index < -0.39 is 38.2 Å². The maximum absolute atomic E-state index is 12.8. The molecule has 106 valence electrons. The number of nitrogens with zero attached hydrogens (tertiary/aromatic N) is 2. The summed E-state index contributed by atoms with van der Waals surface area (Å²) in [7, 11) is -2.90. The highest BCUT2D eigenvalue weighted by molar-refractivity contribution is 7.91. The molecule has 19 heavy (non-hydrogen) atoms.